The van der Waals surface area contributed by atoms with Crippen molar-refractivity contribution in [2.45, 2.75) is 71.1 Å². The Balaban J connectivity index is 0. The van der Waals surface area contributed by atoms with Gasteiger partial charge in [0.05, 0.1) is 6.61 Å². The number of unbranched alkanes of at least 4 members (excludes halogenated alkanes) is 9. The molecule has 0 heterocycles. The number of carbonyl (C=O) groups is 1. The Morgan fingerprint density at radius 1 is 1.00 bits per heavy atom. The summed E-state index contributed by atoms with van der Waals surface area (Å²) in [6, 6.07) is 0. The van der Waals surface area contributed by atoms with Crippen LogP contribution in [0.1, 0.15) is 71.1 Å². The van der Waals surface area contributed by atoms with Crippen LogP contribution >= 0.6 is 0 Å². The first-order valence-electron chi connectivity index (χ1n) is 8.02. The van der Waals surface area contributed by atoms with E-state index in [9.17, 15) is 13.2 Å². The zero-order valence-electron chi connectivity index (χ0n) is 13.5. The van der Waals surface area contributed by atoms with Gasteiger partial charge in [0.25, 0.3) is 5.91 Å². The van der Waals surface area contributed by atoms with Gasteiger partial charge >= 0.3 is 40.0 Å². The number of hydrogen-bond acceptors (Lipinski definition) is 5. The van der Waals surface area contributed by atoms with Crippen molar-refractivity contribution >= 4 is 45.9 Å². The number of amides is 1. The molecule has 0 aromatic heterocycles. The third kappa shape index (κ3) is 18.3. The fraction of sp³-hybridized carbons (Fsp3) is 0.800. The summed E-state index contributed by atoms with van der Waals surface area (Å²) in [5, 5.41) is 0. The third-order valence-corrected chi connectivity index (χ3v) is 3.90. The summed E-state index contributed by atoms with van der Waals surface area (Å²) in [5.41, 5.74) is 1.69. The predicted molar refractivity (Wildman–Crippen MR) is 93.3 cm³/mol. The van der Waals surface area contributed by atoms with Crippen LogP contribution in [0.25, 0.3) is 0 Å². The van der Waals surface area contributed by atoms with Crippen LogP contribution < -0.4 is 5.48 Å². The summed E-state index contributed by atoms with van der Waals surface area (Å²) in [6.45, 7) is 5.43. The van der Waals surface area contributed by atoms with E-state index in [0.717, 1.165) is 18.9 Å². The van der Waals surface area contributed by atoms with Crippen molar-refractivity contribution in [2.24, 2.45) is 0 Å². The SMILES string of the molecule is C=CC(=O)NOS(=O)(=O)OCCCCCCCCCCCC.[NaH]. The van der Waals surface area contributed by atoms with Gasteiger partial charge in [-0.15, -0.1) is 4.28 Å². The Morgan fingerprint density at radius 3 is 1.96 bits per heavy atom. The minimum atomic E-state index is -4.18. The number of hydrogen-bond donors (Lipinski definition) is 1. The summed E-state index contributed by atoms with van der Waals surface area (Å²) in [5.74, 6) is -0.744. The predicted octanol–water partition coefficient (Wildman–Crippen LogP) is 2.75. The summed E-state index contributed by atoms with van der Waals surface area (Å²) in [6.07, 6.45) is 12.4. The van der Waals surface area contributed by atoms with Crippen molar-refractivity contribution in [1.82, 2.24) is 5.48 Å². The molecule has 132 valence electrons. The first-order valence-corrected chi connectivity index (χ1v) is 9.35. The Bertz CT molecular complexity index is 401. The van der Waals surface area contributed by atoms with E-state index in [1.54, 1.807) is 5.48 Å². The van der Waals surface area contributed by atoms with E-state index in [-0.39, 0.29) is 36.2 Å². The van der Waals surface area contributed by atoms with Gasteiger partial charge in [-0.1, -0.05) is 71.3 Å². The third-order valence-electron chi connectivity index (χ3n) is 3.16. The number of rotatable bonds is 15. The molecule has 6 nitrogen and oxygen atoms in total. The molecule has 0 saturated heterocycles. The molecule has 0 aromatic rings. The van der Waals surface area contributed by atoms with Gasteiger partial charge in [0.15, 0.2) is 0 Å². The van der Waals surface area contributed by atoms with Gasteiger partial charge in [-0.25, -0.2) is 9.66 Å². The molecule has 0 unspecified atom stereocenters. The van der Waals surface area contributed by atoms with Crippen LogP contribution in [-0.2, 0) is 23.7 Å². The molecular formula is C15H30NNaO5S. The van der Waals surface area contributed by atoms with E-state index < -0.39 is 16.3 Å². The summed E-state index contributed by atoms with van der Waals surface area (Å²) >= 11 is 0. The fourth-order valence-corrected chi connectivity index (χ4v) is 2.46. The van der Waals surface area contributed by atoms with Crippen molar-refractivity contribution in [2.75, 3.05) is 6.61 Å². The van der Waals surface area contributed by atoms with Crippen LogP contribution in [-0.4, -0.2) is 50.5 Å². The summed E-state index contributed by atoms with van der Waals surface area (Å²) in [4.78, 5) is 10.7. The molecule has 0 aliphatic carbocycles. The van der Waals surface area contributed by atoms with Crippen LogP contribution in [0.15, 0.2) is 12.7 Å². The van der Waals surface area contributed by atoms with Crippen molar-refractivity contribution in [3.63, 3.8) is 0 Å². The first-order chi connectivity index (χ1) is 10.5. The zero-order valence-corrected chi connectivity index (χ0v) is 14.3. The van der Waals surface area contributed by atoms with Crippen LogP contribution in [0.4, 0.5) is 0 Å². The van der Waals surface area contributed by atoms with E-state index in [1.807, 2.05) is 0 Å². The molecule has 0 aromatic carbocycles. The maximum absolute atomic E-state index is 11.2. The average Bonchev–Trinajstić information content (AvgIpc) is 2.50. The van der Waals surface area contributed by atoms with Crippen molar-refractivity contribution in [3.8, 4) is 0 Å². The molecule has 0 bridgehead atoms. The molecule has 0 fully saturated rings. The second-order valence-corrected chi connectivity index (χ2v) is 6.38. The average molecular weight is 359 g/mol. The second kappa shape index (κ2) is 16.9. The molecule has 0 aliphatic heterocycles. The molecule has 1 N–H and O–H groups in total. The molecule has 23 heavy (non-hydrogen) atoms. The minimum absolute atomic E-state index is 0. The van der Waals surface area contributed by atoms with E-state index in [1.165, 1.54) is 44.9 Å². The molecule has 8 heteroatoms. The van der Waals surface area contributed by atoms with E-state index >= 15 is 0 Å². The van der Waals surface area contributed by atoms with E-state index in [0.29, 0.717) is 6.42 Å². The molecule has 0 aliphatic rings. The maximum atomic E-state index is 11.2. The molecule has 0 atom stereocenters. The number of hydroxylamine groups is 1. The van der Waals surface area contributed by atoms with Gasteiger partial charge in [-0.3, -0.25) is 4.79 Å². The molecular weight excluding hydrogens is 329 g/mol. The van der Waals surface area contributed by atoms with Gasteiger partial charge in [-0.2, -0.15) is 8.42 Å². The van der Waals surface area contributed by atoms with Gasteiger partial charge in [-0.05, 0) is 12.5 Å². The van der Waals surface area contributed by atoms with Crippen LogP contribution in [0.2, 0.25) is 0 Å². The van der Waals surface area contributed by atoms with Crippen molar-refractivity contribution in [3.05, 3.63) is 12.7 Å². The van der Waals surface area contributed by atoms with Crippen LogP contribution in [0.5, 0.6) is 0 Å². The number of nitrogens with one attached hydrogen (secondary N) is 1. The van der Waals surface area contributed by atoms with Crippen molar-refractivity contribution in [1.29, 1.82) is 0 Å². The van der Waals surface area contributed by atoms with Crippen LogP contribution in [0.3, 0.4) is 0 Å². The molecule has 0 spiro atoms. The van der Waals surface area contributed by atoms with Crippen LogP contribution in [0, 0.1) is 0 Å². The molecule has 0 radical (unpaired) electrons. The summed E-state index contributed by atoms with van der Waals surface area (Å²) < 4.78 is 31.2. The normalized spacial score (nSPS) is 10.8. The van der Waals surface area contributed by atoms with E-state index in [2.05, 4.69) is 22.0 Å². The Labute approximate surface area is 163 Å². The van der Waals surface area contributed by atoms with E-state index in [4.69, 9.17) is 0 Å². The summed E-state index contributed by atoms with van der Waals surface area (Å²) in [7, 11) is -4.18. The standard InChI is InChI=1S/C15H29NO5S.Na.H/c1-3-5-6-7-8-9-10-11-12-13-14-20-22(18,19)21-16-15(17)4-2;;/h4H,2-3,5-14H2,1H3,(H,16,17);;. The fourth-order valence-electron chi connectivity index (χ4n) is 1.91. The van der Waals surface area contributed by atoms with Gasteiger partial charge in [0.2, 0.25) is 0 Å². The Morgan fingerprint density at radius 2 is 1.48 bits per heavy atom. The van der Waals surface area contributed by atoms with Gasteiger partial charge in [0.1, 0.15) is 0 Å². The molecule has 0 rings (SSSR count). The van der Waals surface area contributed by atoms with Crippen molar-refractivity contribution < 1.29 is 21.7 Å². The number of carbonyl (C=O) groups excluding carboxylic acids is 1. The quantitative estimate of drug-likeness (QED) is 0.210. The topological polar surface area (TPSA) is 81.7 Å². The Hall–Kier alpha value is 0.0800. The molecule has 0 saturated carbocycles. The van der Waals surface area contributed by atoms with Gasteiger partial charge < -0.3 is 0 Å². The second-order valence-electron chi connectivity index (χ2n) is 5.17. The Kier molecular flexibility index (Phi) is 18.6. The zero-order chi connectivity index (χ0) is 16.7. The molecule has 1 amide bonds. The monoisotopic (exact) mass is 359 g/mol. The van der Waals surface area contributed by atoms with Gasteiger partial charge in [0, 0.05) is 0 Å². The first kappa shape index (κ1) is 25.3.